The molecule has 92 valence electrons. The summed E-state index contributed by atoms with van der Waals surface area (Å²) in [4.78, 5) is 0. The lowest BCUT2D eigenvalue weighted by Crippen LogP contribution is -2.19. The van der Waals surface area contributed by atoms with E-state index in [1.807, 2.05) is 36.4 Å². The van der Waals surface area contributed by atoms with Crippen molar-refractivity contribution in [1.82, 2.24) is 0 Å². The van der Waals surface area contributed by atoms with Gasteiger partial charge in [0.05, 0.1) is 16.7 Å². The summed E-state index contributed by atoms with van der Waals surface area (Å²) >= 11 is 1.54. The van der Waals surface area contributed by atoms with Crippen LogP contribution in [0.5, 0.6) is 0 Å². The smallest absolute Gasteiger partial charge is 0.0896 e. The van der Waals surface area contributed by atoms with Gasteiger partial charge in [0.2, 0.25) is 0 Å². The largest absolute Gasteiger partial charge is 0.315 e. The molecule has 0 saturated heterocycles. The number of nitrogens with two attached hydrogens (primary N) is 1. The molecular weight excluding hydrogens is 240 g/mol. The fourth-order valence-corrected chi connectivity index (χ4v) is 2.38. The maximum Gasteiger partial charge on any atom is 0.0896 e. The van der Waals surface area contributed by atoms with Crippen molar-refractivity contribution in [3.05, 3.63) is 73.3 Å². The molecule has 0 heterocycles. The minimum absolute atomic E-state index is 0.134. The topological polar surface area (TPSA) is 29.3 Å². The predicted molar refractivity (Wildman–Crippen MR) is 80.8 cm³/mol. The molecule has 1 atom stereocenters. The van der Waals surface area contributed by atoms with E-state index < -0.39 is 0 Å². The zero-order valence-corrected chi connectivity index (χ0v) is 10.9. The highest BCUT2D eigenvalue weighted by Gasteiger charge is 2.12. The molecule has 0 amide bonds. The van der Waals surface area contributed by atoms with Crippen LogP contribution in [0.2, 0.25) is 0 Å². The number of rotatable bonds is 5. The zero-order chi connectivity index (χ0) is 12.8. The van der Waals surface area contributed by atoms with Crippen molar-refractivity contribution in [3.63, 3.8) is 0 Å². The van der Waals surface area contributed by atoms with Crippen molar-refractivity contribution in [2.45, 2.75) is 5.37 Å². The van der Waals surface area contributed by atoms with Gasteiger partial charge in [0.1, 0.15) is 0 Å². The molecule has 2 nitrogen and oxygen atoms in total. The Morgan fingerprint density at radius 1 is 0.944 bits per heavy atom. The molecule has 2 aromatic rings. The molecule has 0 spiro atoms. The number of hydrogen-bond acceptors (Lipinski definition) is 3. The summed E-state index contributed by atoms with van der Waals surface area (Å²) in [5.74, 6) is 0. The summed E-state index contributed by atoms with van der Waals surface area (Å²) in [6.07, 6.45) is 1.74. The second-order valence-corrected chi connectivity index (χ2v) is 4.89. The summed E-state index contributed by atoms with van der Waals surface area (Å²) in [5.41, 5.74) is 8.16. The molecular formula is C15H16N2S. The van der Waals surface area contributed by atoms with Gasteiger partial charge in [-0.1, -0.05) is 42.5 Å². The third kappa shape index (κ3) is 3.15. The van der Waals surface area contributed by atoms with Crippen LogP contribution in [0.1, 0.15) is 0 Å². The third-order valence-corrected chi connectivity index (χ3v) is 3.51. The van der Waals surface area contributed by atoms with Gasteiger partial charge in [0, 0.05) is 0 Å². The molecule has 2 N–H and O–H groups in total. The first-order valence-corrected chi connectivity index (χ1v) is 6.60. The average Bonchev–Trinajstić information content (AvgIpc) is 2.46. The lowest BCUT2D eigenvalue weighted by molar-refractivity contribution is 1.16. The molecule has 0 aliphatic heterocycles. The Hall–Kier alpha value is -1.71. The van der Waals surface area contributed by atoms with Gasteiger partial charge in [-0.05, 0) is 36.2 Å². The molecule has 0 saturated carbocycles. The van der Waals surface area contributed by atoms with Crippen molar-refractivity contribution in [3.8, 4) is 0 Å². The molecule has 3 heteroatoms. The van der Waals surface area contributed by atoms with Crippen LogP contribution in [0.15, 0.2) is 73.3 Å². The summed E-state index contributed by atoms with van der Waals surface area (Å²) < 4.78 is 2.12. The van der Waals surface area contributed by atoms with E-state index in [9.17, 15) is 0 Å². The Balaban J connectivity index is 2.32. The summed E-state index contributed by atoms with van der Waals surface area (Å²) in [7, 11) is 0. The standard InChI is InChI=1S/C15H16N2S/c1-2-15(16)18-17(13-9-5-3-6-10-13)14-11-7-4-8-12-14/h2-12,15H,1,16H2. The molecule has 2 aromatic carbocycles. The molecule has 0 aromatic heterocycles. The van der Waals surface area contributed by atoms with Crippen LogP contribution in [-0.4, -0.2) is 5.37 Å². The van der Waals surface area contributed by atoms with Crippen molar-refractivity contribution in [1.29, 1.82) is 0 Å². The second kappa shape index (κ2) is 6.28. The third-order valence-electron chi connectivity index (χ3n) is 2.44. The number of nitrogens with zero attached hydrogens (tertiary/aromatic N) is 1. The first-order valence-electron chi connectivity index (χ1n) is 5.76. The van der Waals surface area contributed by atoms with E-state index in [0.717, 1.165) is 11.4 Å². The maximum atomic E-state index is 5.95. The lowest BCUT2D eigenvalue weighted by atomic mass is 10.3. The highest BCUT2D eigenvalue weighted by molar-refractivity contribution is 8.01. The van der Waals surface area contributed by atoms with Crippen LogP contribution in [0.3, 0.4) is 0 Å². The molecule has 0 radical (unpaired) electrons. The van der Waals surface area contributed by atoms with Gasteiger partial charge >= 0.3 is 0 Å². The van der Waals surface area contributed by atoms with Crippen LogP contribution in [-0.2, 0) is 0 Å². The molecule has 0 aliphatic rings. The second-order valence-electron chi connectivity index (χ2n) is 3.77. The van der Waals surface area contributed by atoms with Crippen LogP contribution >= 0.6 is 11.9 Å². The van der Waals surface area contributed by atoms with Gasteiger partial charge < -0.3 is 5.73 Å². The molecule has 1 unspecified atom stereocenters. The minimum atomic E-state index is -0.134. The molecule has 0 aliphatic carbocycles. The van der Waals surface area contributed by atoms with E-state index in [0.29, 0.717) is 0 Å². The van der Waals surface area contributed by atoms with Gasteiger partial charge in [-0.2, -0.15) is 0 Å². The quantitative estimate of drug-likeness (QED) is 0.499. The summed E-state index contributed by atoms with van der Waals surface area (Å²) in [5, 5.41) is -0.134. The summed E-state index contributed by atoms with van der Waals surface area (Å²) in [6, 6.07) is 20.3. The van der Waals surface area contributed by atoms with Crippen molar-refractivity contribution < 1.29 is 0 Å². The maximum absolute atomic E-state index is 5.95. The first kappa shape index (κ1) is 12.7. The molecule has 18 heavy (non-hydrogen) atoms. The Kier molecular flexibility index (Phi) is 4.45. The van der Waals surface area contributed by atoms with Gasteiger partial charge in [0.25, 0.3) is 0 Å². The van der Waals surface area contributed by atoms with E-state index in [2.05, 4.69) is 35.1 Å². The van der Waals surface area contributed by atoms with E-state index in [-0.39, 0.29) is 5.37 Å². The number of para-hydroxylation sites is 2. The Morgan fingerprint density at radius 2 is 1.39 bits per heavy atom. The average molecular weight is 256 g/mol. The number of anilines is 2. The number of benzene rings is 2. The van der Waals surface area contributed by atoms with Crippen LogP contribution in [0, 0.1) is 0 Å². The summed E-state index contributed by atoms with van der Waals surface area (Å²) in [6.45, 7) is 3.73. The van der Waals surface area contributed by atoms with Gasteiger partial charge in [-0.15, -0.1) is 6.58 Å². The molecule has 2 rings (SSSR count). The zero-order valence-electron chi connectivity index (χ0n) is 10.1. The fraction of sp³-hybridized carbons (Fsp3) is 0.0667. The first-order chi connectivity index (χ1) is 8.81. The van der Waals surface area contributed by atoms with E-state index >= 15 is 0 Å². The SMILES string of the molecule is C=CC(N)SN(c1ccccc1)c1ccccc1. The Morgan fingerprint density at radius 3 is 1.78 bits per heavy atom. The highest BCUT2D eigenvalue weighted by atomic mass is 32.2. The normalized spacial score (nSPS) is 11.8. The molecule has 0 bridgehead atoms. The number of hydrogen-bond donors (Lipinski definition) is 1. The molecule has 0 fully saturated rings. The van der Waals surface area contributed by atoms with E-state index in [4.69, 9.17) is 5.73 Å². The van der Waals surface area contributed by atoms with Gasteiger partial charge in [-0.3, -0.25) is 4.31 Å². The van der Waals surface area contributed by atoms with Crippen LogP contribution in [0.4, 0.5) is 11.4 Å². The monoisotopic (exact) mass is 256 g/mol. The van der Waals surface area contributed by atoms with Crippen LogP contribution < -0.4 is 10.0 Å². The highest BCUT2D eigenvalue weighted by Crippen LogP contribution is 2.33. The van der Waals surface area contributed by atoms with Crippen molar-refractivity contribution in [2.75, 3.05) is 4.31 Å². The fourth-order valence-electron chi connectivity index (χ4n) is 1.56. The van der Waals surface area contributed by atoms with E-state index in [1.54, 1.807) is 18.0 Å². The predicted octanol–water partition coefficient (Wildman–Crippen LogP) is 3.94. The Labute approximate surface area is 112 Å². The van der Waals surface area contributed by atoms with Gasteiger partial charge in [0.15, 0.2) is 0 Å². The minimum Gasteiger partial charge on any atom is -0.315 e. The lowest BCUT2D eigenvalue weighted by Gasteiger charge is -2.25. The Bertz CT molecular complexity index is 445. The van der Waals surface area contributed by atoms with Crippen LogP contribution in [0.25, 0.3) is 0 Å². The van der Waals surface area contributed by atoms with Crippen molar-refractivity contribution >= 4 is 23.3 Å². The van der Waals surface area contributed by atoms with E-state index in [1.165, 1.54) is 0 Å². The van der Waals surface area contributed by atoms with Gasteiger partial charge in [-0.25, -0.2) is 0 Å². The van der Waals surface area contributed by atoms with Crippen molar-refractivity contribution in [2.24, 2.45) is 5.73 Å².